The fourth-order valence-electron chi connectivity index (χ4n) is 6.57. The van der Waals surface area contributed by atoms with E-state index in [2.05, 4.69) is 60.9 Å². The van der Waals surface area contributed by atoms with Gasteiger partial charge in [-0.05, 0) is 43.4 Å². The van der Waals surface area contributed by atoms with Crippen molar-refractivity contribution in [3.63, 3.8) is 0 Å². The smallest absolute Gasteiger partial charge is 0.311 e. The van der Waals surface area contributed by atoms with Gasteiger partial charge in [0, 0.05) is 56.2 Å². The highest BCUT2D eigenvalue weighted by atomic mass is 16.6. The number of benzene rings is 1. The Hall–Kier alpha value is -1.85. The number of rotatable bonds is 3. The van der Waals surface area contributed by atoms with Crippen LogP contribution in [0.2, 0.25) is 0 Å². The highest BCUT2D eigenvalue weighted by Gasteiger charge is 2.59. The Balaban J connectivity index is 1.28. The molecule has 5 rings (SSSR count). The first kappa shape index (κ1) is 21.0. The number of carbonyl (C=O) groups is 1. The number of hydrogen-bond acceptors (Lipinski definition) is 5. The van der Waals surface area contributed by atoms with Crippen LogP contribution in [0.15, 0.2) is 35.9 Å². The number of nitrogens with zero attached hydrogens (tertiary/aromatic N) is 2. The predicted octanol–water partition coefficient (Wildman–Crippen LogP) is 3.40. The van der Waals surface area contributed by atoms with Crippen LogP contribution in [0.1, 0.15) is 38.7 Å². The van der Waals surface area contributed by atoms with Crippen LogP contribution in [0, 0.1) is 30.1 Å². The summed E-state index contributed by atoms with van der Waals surface area (Å²) in [6.07, 6.45) is 4.59. The summed E-state index contributed by atoms with van der Waals surface area (Å²) in [7, 11) is 0. The normalized spacial score (nSPS) is 38.3. The summed E-state index contributed by atoms with van der Waals surface area (Å²) in [5.74, 6) is 0.00589. The van der Waals surface area contributed by atoms with E-state index in [0.717, 1.165) is 45.4 Å². The van der Waals surface area contributed by atoms with E-state index in [1.165, 1.54) is 16.8 Å². The lowest BCUT2D eigenvalue weighted by molar-refractivity contribution is -0.145. The van der Waals surface area contributed by atoms with Crippen molar-refractivity contribution in [3.05, 3.63) is 41.5 Å². The Labute approximate surface area is 186 Å². The fraction of sp³-hybridized carbons (Fsp3) is 0.654. The quantitative estimate of drug-likeness (QED) is 0.595. The number of aliphatic hydroxyl groups excluding tert-OH is 1. The van der Waals surface area contributed by atoms with Gasteiger partial charge in [-0.2, -0.15) is 0 Å². The lowest BCUT2D eigenvalue weighted by Gasteiger charge is -2.52. The lowest BCUT2D eigenvalue weighted by Crippen LogP contribution is -2.55. The number of esters is 1. The third-order valence-electron chi connectivity index (χ3n) is 8.76. The maximum Gasteiger partial charge on any atom is 0.311 e. The van der Waals surface area contributed by atoms with Crippen molar-refractivity contribution in [3.8, 4) is 0 Å². The van der Waals surface area contributed by atoms with Crippen LogP contribution < -0.4 is 4.90 Å². The first-order valence-corrected chi connectivity index (χ1v) is 12.0. The van der Waals surface area contributed by atoms with Gasteiger partial charge in [-0.15, -0.1) is 0 Å². The van der Waals surface area contributed by atoms with E-state index in [1.807, 2.05) is 0 Å². The molecule has 0 spiro atoms. The average Bonchev–Trinajstić information content (AvgIpc) is 3.06. The maximum atomic E-state index is 12.9. The Morgan fingerprint density at radius 1 is 1.23 bits per heavy atom. The molecule has 1 aromatic rings. The largest absolute Gasteiger partial charge is 0.461 e. The van der Waals surface area contributed by atoms with Crippen LogP contribution >= 0.6 is 0 Å². The van der Waals surface area contributed by atoms with Crippen LogP contribution in [0.5, 0.6) is 0 Å². The molecule has 1 saturated carbocycles. The molecule has 1 aromatic carbocycles. The summed E-state index contributed by atoms with van der Waals surface area (Å²) < 4.78 is 5.85. The van der Waals surface area contributed by atoms with Gasteiger partial charge in [0.15, 0.2) is 0 Å². The molecule has 0 radical (unpaired) electrons. The third kappa shape index (κ3) is 3.50. The summed E-state index contributed by atoms with van der Waals surface area (Å²) >= 11 is 0. The number of aryl methyl sites for hydroxylation is 1. The van der Waals surface area contributed by atoms with Gasteiger partial charge in [-0.1, -0.05) is 37.6 Å². The number of ether oxygens (including phenoxy) is 1. The molecule has 2 saturated heterocycles. The fourth-order valence-corrected chi connectivity index (χ4v) is 6.57. The van der Waals surface area contributed by atoms with Gasteiger partial charge in [0.1, 0.15) is 6.10 Å². The summed E-state index contributed by atoms with van der Waals surface area (Å²) in [6, 6.07) is 8.67. The Bertz CT molecular complexity index is 875. The molecule has 31 heavy (non-hydrogen) atoms. The molecule has 0 amide bonds. The Morgan fingerprint density at radius 3 is 2.74 bits per heavy atom. The molecule has 0 unspecified atom stereocenters. The van der Waals surface area contributed by atoms with Crippen molar-refractivity contribution in [1.29, 1.82) is 0 Å². The molecule has 4 aliphatic rings. The molecular formula is C26H36N2O3. The van der Waals surface area contributed by atoms with Crippen LogP contribution in [0.3, 0.4) is 0 Å². The predicted molar refractivity (Wildman–Crippen MR) is 122 cm³/mol. The van der Waals surface area contributed by atoms with E-state index in [-0.39, 0.29) is 29.3 Å². The van der Waals surface area contributed by atoms with Gasteiger partial charge >= 0.3 is 5.97 Å². The first-order valence-electron chi connectivity index (χ1n) is 12.0. The minimum atomic E-state index is -0.516. The highest BCUT2D eigenvalue weighted by molar-refractivity contribution is 5.76. The minimum Gasteiger partial charge on any atom is -0.461 e. The number of piperazine rings is 1. The second kappa shape index (κ2) is 7.93. The summed E-state index contributed by atoms with van der Waals surface area (Å²) in [6.45, 7) is 11.1. The topological polar surface area (TPSA) is 53.0 Å². The van der Waals surface area contributed by atoms with Crippen molar-refractivity contribution in [2.45, 2.75) is 52.2 Å². The zero-order valence-electron chi connectivity index (χ0n) is 19.1. The molecule has 0 aromatic heterocycles. The molecular weight excluding hydrogens is 388 g/mol. The van der Waals surface area contributed by atoms with Crippen LogP contribution in [-0.4, -0.2) is 60.9 Å². The number of aliphatic hydroxyl groups is 1. The monoisotopic (exact) mass is 424 g/mol. The van der Waals surface area contributed by atoms with E-state index in [1.54, 1.807) is 0 Å². The number of hydrogen-bond donors (Lipinski definition) is 1. The van der Waals surface area contributed by atoms with Crippen molar-refractivity contribution in [2.75, 3.05) is 37.6 Å². The third-order valence-corrected chi connectivity index (χ3v) is 8.76. The van der Waals surface area contributed by atoms with Crippen molar-refractivity contribution < 1.29 is 14.6 Å². The van der Waals surface area contributed by atoms with Crippen molar-refractivity contribution >= 4 is 11.7 Å². The van der Waals surface area contributed by atoms with Gasteiger partial charge < -0.3 is 14.7 Å². The standard InChI is InChI=1S/C26H36N2O3/c1-17-6-4-9-20(14-17)28-12-10-27(11-13-28)16-21-23-22(31-25(21)30)15-19-8-5-7-18(2)26(19,3)24(23)29/h4,6,8-9,14,18,21-24,29H,5,7,10-13,15-16H2,1-3H3/t18-,21+,22-,23-,24+,26-/m1/s1. The molecule has 5 nitrogen and oxygen atoms in total. The highest BCUT2D eigenvalue weighted by Crippen LogP contribution is 2.56. The molecule has 1 N–H and O–H groups in total. The number of allylic oxidation sites excluding steroid dienone is 1. The zero-order chi connectivity index (χ0) is 21.8. The van der Waals surface area contributed by atoms with E-state index >= 15 is 0 Å². The van der Waals surface area contributed by atoms with Gasteiger partial charge in [-0.3, -0.25) is 9.69 Å². The van der Waals surface area contributed by atoms with Crippen LogP contribution in [-0.2, 0) is 9.53 Å². The molecule has 6 atom stereocenters. The average molecular weight is 425 g/mol. The number of anilines is 1. The molecule has 168 valence electrons. The summed E-state index contributed by atoms with van der Waals surface area (Å²) in [4.78, 5) is 17.7. The summed E-state index contributed by atoms with van der Waals surface area (Å²) in [5.41, 5.74) is 3.64. The van der Waals surface area contributed by atoms with Crippen molar-refractivity contribution in [1.82, 2.24) is 4.90 Å². The van der Waals surface area contributed by atoms with Gasteiger partial charge in [-0.25, -0.2) is 0 Å². The lowest BCUT2D eigenvalue weighted by atomic mass is 9.55. The maximum absolute atomic E-state index is 12.9. The van der Waals surface area contributed by atoms with E-state index in [4.69, 9.17) is 4.74 Å². The Morgan fingerprint density at radius 2 is 2.00 bits per heavy atom. The Kier molecular flexibility index (Phi) is 5.38. The van der Waals surface area contributed by atoms with Gasteiger partial charge in [0.05, 0.1) is 12.0 Å². The molecule has 3 fully saturated rings. The van der Waals surface area contributed by atoms with Crippen molar-refractivity contribution in [2.24, 2.45) is 23.2 Å². The SMILES string of the molecule is Cc1cccc(N2CCN(C[C@@H]3C(=O)O[C@@H]4CC5=CCC[C@@H](C)[C@@]5(C)[C@@H](O)[C@H]34)CC2)c1. The number of carbonyl (C=O) groups excluding carboxylic acids is 1. The molecule has 2 heterocycles. The van der Waals surface area contributed by atoms with Gasteiger partial charge in [0.25, 0.3) is 0 Å². The molecule has 2 aliphatic heterocycles. The van der Waals surface area contributed by atoms with E-state index < -0.39 is 6.10 Å². The van der Waals surface area contributed by atoms with E-state index in [0.29, 0.717) is 12.5 Å². The number of fused-ring (bicyclic) bond motifs is 2. The summed E-state index contributed by atoms with van der Waals surface area (Å²) in [5, 5.41) is 11.5. The zero-order valence-corrected chi connectivity index (χ0v) is 19.1. The van der Waals surface area contributed by atoms with Crippen LogP contribution in [0.25, 0.3) is 0 Å². The van der Waals surface area contributed by atoms with E-state index in [9.17, 15) is 9.90 Å². The second-order valence-electron chi connectivity index (χ2n) is 10.4. The minimum absolute atomic E-state index is 0.0926. The second-order valence-corrected chi connectivity index (χ2v) is 10.4. The molecule has 0 bridgehead atoms. The van der Waals surface area contributed by atoms with Gasteiger partial charge in [0.2, 0.25) is 0 Å². The molecule has 2 aliphatic carbocycles. The van der Waals surface area contributed by atoms with Crippen LogP contribution in [0.4, 0.5) is 5.69 Å². The molecule has 5 heteroatoms. The first-order chi connectivity index (χ1) is 14.9.